The Balaban J connectivity index is 1.83. The Morgan fingerprint density at radius 2 is 2.19 bits per heavy atom. The van der Waals surface area contributed by atoms with Crippen LogP contribution in [0.2, 0.25) is 0 Å². The number of hydrogen-bond donors (Lipinski definition) is 0. The van der Waals surface area contributed by atoms with Crippen molar-refractivity contribution in [3.8, 4) is 5.75 Å². The Hall–Kier alpha value is -1.60. The predicted octanol–water partition coefficient (Wildman–Crippen LogP) is 2.86. The van der Waals surface area contributed by atoms with Gasteiger partial charge in [-0.2, -0.15) is 0 Å². The highest BCUT2D eigenvalue weighted by molar-refractivity contribution is 8.13. The van der Waals surface area contributed by atoms with Crippen molar-refractivity contribution in [3.63, 3.8) is 0 Å². The van der Waals surface area contributed by atoms with Crippen LogP contribution in [0, 0.1) is 5.82 Å². The molecule has 1 aromatic carbocycles. The van der Waals surface area contributed by atoms with Gasteiger partial charge < -0.3 is 9.30 Å². The maximum atomic E-state index is 13.2. The van der Waals surface area contributed by atoms with E-state index in [2.05, 4.69) is 4.98 Å². The molecule has 8 heteroatoms. The van der Waals surface area contributed by atoms with Crippen LogP contribution in [0.15, 0.2) is 35.6 Å². The number of rotatable bonds is 5. The van der Waals surface area contributed by atoms with Crippen LogP contribution in [0.5, 0.6) is 5.75 Å². The second-order valence-corrected chi connectivity index (χ2v) is 7.38. The van der Waals surface area contributed by atoms with E-state index in [9.17, 15) is 12.8 Å². The van der Waals surface area contributed by atoms with E-state index in [0.717, 1.165) is 30.7 Å². The van der Waals surface area contributed by atoms with E-state index in [0.29, 0.717) is 6.04 Å². The van der Waals surface area contributed by atoms with Gasteiger partial charge in [0.15, 0.2) is 0 Å². The molecule has 5 nitrogen and oxygen atoms in total. The van der Waals surface area contributed by atoms with E-state index in [1.54, 1.807) is 12.5 Å². The smallest absolute Gasteiger partial charge is 0.265 e. The normalized spacial score (nSPS) is 15.1. The van der Waals surface area contributed by atoms with Crippen LogP contribution in [-0.2, 0) is 15.7 Å². The Labute approximate surface area is 125 Å². The number of benzene rings is 1. The van der Waals surface area contributed by atoms with E-state index in [4.69, 9.17) is 15.4 Å². The van der Waals surface area contributed by atoms with Crippen molar-refractivity contribution in [2.24, 2.45) is 0 Å². The molecule has 1 aliphatic rings. The van der Waals surface area contributed by atoms with Gasteiger partial charge in [0.25, 0.3) is 9.05 Å². The van der Waals surface area contributed by atoms with Gasteiger partial charge in [-0.3, -0.25) is 0 Å². The quantitative estimate of drug-likeness (QED) is 0.791. The predicted molar refractivity (Wildman–Crippen MR) is 74.3 cm³/mol. The summed E-state index contributed by atoms with van der Waals surface area (Å²) in [6.07, 6.45) is 5.58. The summed E-state index contributed by atoms with van der Waals surface area (Å²) in [4.78, 5) is 3.69. The molecular weight excluding hydrogens is 319 g/mol. The fraction of sp³-hybridized carbons (Fsp3) is 0.308. The highest BCUT2D eigenvalue weighted by Crippen LogP contribution is 2.36. The second-order valence-electron chi connectivity index (χ2n) is 4.84. The molecule has 0 amide bonds. The topological polar surface area (TPSA) is 61.2 Å². The van der Waals surface area contributed by atoms with Crippen LogP contribution >= 0.6 is 10.7 Å². The van der Waals surface area contributed by atoms with Gasteiger partial charge in [-0.1, -0.05) is 0 Å². The maximum absolute atomic E-state index is 13.2. The van der Waals surface area contributed by atoms with Crippen LogP contribution in [0.4, 0.5) is 4.39 Å². The minimum absolute atomic E-state index is 0.0231. The molecule has 3 rings (SSSR count). The van der Waals surface area contributed by atoms with E-state index in [1.807, 2.05) is 4.57 Å². The highest BCUT2D eigenvalue weighted by atomic mass is 35.7. The molecule has 1 aliphatic carbocycles. The molecular formula is C13H12ClFN2O3S. The van der Waals surface area contributed by atoms with Gasteiger partial charge in [0, 0.05) is 16.7 Å². The fourth-order valence-corrected chi connectivity index (χ4v) is 3.05. The molecule has 1 saturated carbocycles. The van der Waals surface area contributed by atoms with E-state index in [-0.39, 0.29) is 17.3 Å². The summed E-state index contributed by atoms with van der Waals surface area (Å²) in [5.41, 5.74) is 0.833. The molecule has 0 saturated heterocycles. The largest absolute Gasteiger partial charge is 0.486 e. The summed E-state index contributed by atoms with van der Waals surface area (Å²) in [7, 11) is 1.22. The van der Waals surface area contributed by atoms with Crippen molar-refractivity contribution in [2.45, 2.75) is 30.4 Å². The third-order valence-electron chi connectivity index (χ3n) is 3.23. The first-order valence-corrected chi connectivity index (χ1v) is 8.64. The molecule has 0 bridgehead atoms. The first kappa shape index (κ1) is 14.3. The van der Waals surface area contributed by atoms with Crippen molar-refractivity contribution in [3.05, 3.63) is 42.2 Å². The number of nitrogens with zero attached hydrogens (tertiary/aromatic N) is 2. The van der Waals surface area contributed by atoms with E-state index < -0.39 is 14.9 Å². The van der Waals surface area contributed by atoms with Crippen molar-refractivity contribution in [1.82, 2.24) is 9.55 Å². The summed E-state index contributed by atoms with van der Waals surface area (Å²) in [6, 6.07) is 3.66. The molecule has 1 heterocycles. The molecule has 0 N–H and O–H groups in total. The van der Waals surface area contributed by atoms with Crippen molar-refractivity contribution < 1.29 is 17.5 Å². The van der Waals surface area contributed by atoms with Crippen LogP contribution in [0.1, 0.15) is 24.6 Å². The third-order valence-corrected chi connectivity index (χ3v) is 4.57. The zero-order valence-corrected chi connectivity index (χ0v) is 12.4. The first-order valence-electron chi connectivity index (χ1n) is 6.33. The van der Waals surface area contributed by atoms with Gasteiger partial charge in [-0.15, -0.1) is 0 Å². The van der Waals surface area contributed by atoms with Crippen LogP contribution in [0.25, 0.3) is 0 Å². The SMILES string of the molecule is O=S(=O)(Cl)c1cc(F)ccc1OCc1cncn1C1CC1. The van der Waals surface area contributed by atoms with Crippen LogP contribution < -0.4 is 4.74 Å². The van der Waals surface area contributed by atoms with Crippen molar-refractivity contribution in [1.29, 1.82) is 0 Å². The Kier molecular flexibility index (Phi) is 3.62. The summed E-state index contributed by atoms with van der Waals surface area (Å²) in [6.45, 7) is 0.140. The molecule has 2 aromatic rings. The molecule has 0 unspecified atom stereocenters. The number of ether oxygens (including phenoxy) is 1. The number of imidazole rings is 1. The minimum atomic E-state index is -4.08. The van der Waals surface area contributed by atoms with E-state index in [1.165, 1.54) is 6.07 Å². The summed E-state index contributed by atoms with van der Waals surface area (Å²) in [5, 5.41) is 0. The average molecular weight is 331 g/mol. The van der Waals surface area contributed by atoms with Crippen molar-refractivity contribution in [2.75, 3.05) is 0 Å². The van der Waals surface area contributed by atoms with Gasteiger partial charge in [-0.25, -0.2) is 17.8 Å². The zero-order valence-electron chi connectivity index (χ0n) is 10.9. The minimum Gasteiger partial charge on any atom is -0.486 e. The third kappa shape index (κ3) is 3.19. The molecule has 21 heavy (non-hydrogen) atoms. The molecule has 0 atom stereocenters. The molecule has 1 aromatic heterocycles. The lowest BCUT2D eigenvalue weighted by Crippen LogP contribution is -2.06. The van der Waals surface area contributed by atoms with E-state index >= 15 is 0 Å². The lowest BCUT2D eigenvalue weighted by atomic mass is 10.3. The van der Waals surface area contributed by atoms with Crippen LogP contribution in [-0.4, -0.2) is 18.0 Å². The van der Waals surface area contributed by atoms with Gasteiger partial charge >= 0.3 is 0 Å². The van der Waals surface area contributed by atoms with Gasteiger partial charge in [0.1, 0.15) is 23.1 Å². The highest BCUT2D eigenvalue weighted by Gasteiger charge is 2.25. The summed E-state index contributed by atoms with van der Waals surface area (Å²) in [5.74, 6) is -0.667. The van der Waals surface area contributed by atoms with Gasteiger partial charge in [0.2, 0.25) is 0 Å². The van der Waals surface area contributed by atoms with Crippen molar-refractivity contribution >= 4 is 19.7 Å². The van der Waals surface area contributed by atoms with Gasteiger partial charge in [0.05, 0.1) is 18.2 Å². The molecule has 0 radical (unpaired) electrons. The summed E-state index contributed by atoms with van der Waals surface area (Å²) < 4.78 is 43.6. The molecule has 1 fully saturated rings. The Morgan fingerprint density at radius 1 is 1.43 bits per heavy atom. The van der Waals surface area contributed by atoms with Crippen LogP contribution in [0.3, 0.4) is 0 Å². The Morgan fingerprint density at radius 3 is 2.86 bits per heavy atom. The molecule has 0 aliphatic heterocycles. The molecule has 0 spiro atoms. The maximum Gasteiger partial charge on any atom is 0.265 e. The Bertz CT molecular complexity index is 771. The number of hydrogen-bond acceptors (Lipinski definition) is 4. The second kappa shape index (κ2) is 5.31. The lowest BCUT2D eigenvalue weighted by Gasteiger charge is -2.11. The fourth-order valence-electron chi connectivity index (χ4n) is 2.07. The molecule has 112 valence electrons. The first-order chi connectivity index (χ1) is 9.95. The average Bonchev–Trinajstić information content (AvgIpc) is 3.15. The summed E-state index contributed by atoms with van der Waals surface area (Å²) >= 11 is 0. The number of halogens is 2. The monoisotopic (exact) mass is 330 g/mol. The number of aromatic nitrogens is 2. The standard InChI is InChI=1S/C13H12ClFN2O3S/c14-21(18,19)13-5-9(15)1-4-12(13)20-7-11-6-16-8-17(11)10-2-3-10/h1,4-6,8,10H,2-3,7H2. The lowest BCUT2D eigenvalue weighted by molar-refractivity contribution is 0.286. The zero-order chi connectivity index (χ0) is 15.0. The van der Waals surface area contributed by atoms with Gasteiger partial charge in [-0.05, 0) is 31.0 Å².